The number of hydrogen-bond donors (Lipinski definition) is 2. The number of aromatic nitrogens is 3. The maximum absolute atomic E-state index is 13.3. The number of aryl methyl sites for hydroxylation is 2. The van der Waals surface area contributed by atoms with E-state index in [1.165, 1.54) is 16.2 Å². The summed E-state index contributed by atoms with van der Waals surface area (Å²) in [6.45, 7) is 0. The van der Waals surface area contributed by atoms with Crippen LogP contribution in [0, 0.1) is 0 Å². The van der Waals surface area contributed by atoms with Crippen molar-refractivity contribution in [3.05, 3.63) is 105 Å². The van der Waals surface area contributed by atoms with Crippen LogP contribution in [-0.4, -0.2) is 23.0 Å². The van der Waals surface area contributed by atoms with Crippen LogP contribution < -0.4 is 15.8 Å². The van der Waals surface area contributed by atoms with Gasteiger partial charge in [0.2, 0.25) is 0 Å². The van der Waals surface area contributed by atoms with E-state index in [1.807, 2.05) is 12.1 Å². The highest BCUT2D eigenvalue weighted by molar-refractivity contribution is 7.93. The third-order valence-corrected chi connectivity index (χ3v) is 8.04. The molecule has 0 saturated carbocycles. The predicted octanol–water partition coefficient (Wildman–Crippen LogP) is 3.91. The van der Waals surface area contributed by atoms with Crippen molar-refractivity contribution in [2.75, 3.05) is 4.72 Å². The van der Waals surface area contributed by atoms with Crippen molar-refractivity contribution in [2.45, 2.75) is 30.6 Å². The van der Waals surface area contributed by atoms with E-state index in [1.54, 1.807) is 54.7 Å². The third kappa shape index (κ3) is 3.68. The summed E-state index contributed by atoms with van der Waals surface area (Å²) in [7, 11) is -3.98. The predicted molar refractivity (Wildman–Crippen MR) is 139 cm³/mol. The summed E-state index contributed by atoms with van der Waals surface area (Å²) in [5.41, 5.74) is 3.06. The molecular formula is C27H22N4O4S. The Hall–Kier alpha value is -4.24. The molecule has 36 heavy (non-hydrogen) atoms. The van der Waals surface area contributed by atoms with Crippen molar-refractivity contribution in [3.63, 3.8) is 0 Å². The highest BCUT2D eigenvalue weighted by Gasteiger charge is 2.20. The molecule has 0 radical (unpaired) electrons. The maximum atomic E-state index is 13.3. The molecule has 2 aromatic heterocycles. The zero-order valence-electron chi connectivity index (χ0n) is 19.2. The normalized spacial score (nSPS) is 13.6. The van der Waals surface area contributed by atoms with Gasteiger partial charge in [-0.05, 0) is 73.2 Å². The van der Waals surface area contributed by atoms with Gasteiger partial charge in [0.25, 0.3) is 10.0 Å². The lowest BCUT2D eigenvalue weighted by atomic mass is 9.90. The summed E-state index contributed by atoms with van der Waals surface area (Å²) < 4.78 is 30.5. The van der Waals surface area contributed by atoms with Gasteiger partial charge in [-0.15, -0.1) is 0 Å². The fourth-order valence-corrected chi connectivity index (χ4v) is 6.22. The molecule has 0 aliphatic heterocycles. The zero-order chi connectivity index (χ0) is 24.9. The quantitative estimate of drug-likeness (QED) is 0.365. The van der Waals surface area contributed by atoms with E-state index in [0.29, 0.717) is 27.6 Å². The fraction of sp³-hybridized carbons (Fsp3) is 0.148. The molecule has 8 nitrogen and oxygen atoms in total. The SMILES string of the molecule is O=c1[nH]c2c3c(ccc2n(-c2cccc(NS(=O)(=O)c4cccc5cccnc45)c2)c1=O)CCCC3. The largest absolute Gasteiger partial charge is 0.321 e. The molecule has 5 aromatic rings. The molecule has 0 unspecified atom stereocenters. The molecule has 0 spiro atoms. The standard InChI is InChI=1S/C27H22N4O4S/c32-26-27(33)31(22-14-13-17-6-1-2-11-21(17)25(22)29-26)20-10-4-9-19(16-20)30-36(34,35)23-12-3-7-18-8-5-15-28-24(18)23/h3-5,7-10,12-16,30H,1-2,6,11H2,(H,29,32). The Kier molecular flexibility index (Phi) is 5.22. The first-order valence-electron chi connectivity index (χ1n) is 11.7. The van der Waals surface area contributed by atoms with Gasteiger partial charge < -0.3 is 4.98 Å². The Morgan fingerprint density at radius 1 is 0.917 bits per heavy atom. The summed E-state index contributed by atoms with van der Waals surface area (Å²) in [6.07, 6.45) is 5.43. The van der Waals surface area contributed by atoms with E-state index in [-0.39, 0.29) is 10.6 Å². The van der Waals surface area contributed by atoms with Crippen LogP contribution in [0.25, 0.3) is 27.6 Å². The van der Waals surface area contributed by atoms with Crippen LogP contribution in [0.2, 0.25) is 0 Å². The average molecular weight is 499 g/mol. The number of para-hydroxylation sites is 1. The highest BCUT2D eigenvalue weighted by Crippen LogP contribution is 2.29. The number of hydrogen-bond acceptors (Lipinski definition) is 5. The van der Waals surface area contributed by atoms with Crippen LogP contribution in [0.4, 0.5) is 5.69 Å². The average Bonchev–Trinajstić information content (AvgIpc) is 2.89. The molecule has 6 rings (SSSR count). The van der Waals surface area contributed by atoms with Crippen LogP contribution >= 0.6 is 0 Å². The lowest BCUT2D eigenvalue weighted by Gasteiger charge is -2.19. The smallest absolute Gasteiger partial charge is 0.316 e. The van der Waals surface area contributed by atoms with E-state index in [4.69, 9.17) is 0 Å². The minimum Gasteiger partial charge on any atom is -0.316 e. The lowest BCUT2D eigenvalue weighted by Crippen LogP contribution is -2.36. The van der Waals surface area contributed by atoms with Crippen molar-refractivity contribution in [3.8, 4) is 5.69 Å². The molecule has 0 fully saturated rings. The van der Waals surface area contributed by atoms with Crippen molar-refractivity contribution in [1.82, 2.24) is 14.5 Å². The Morgan fingerprint density at radius 2 is 1.72 bits per heavy atom. The van der Waals surface area contributed by atoms with Gasteiger partial charge in [-0.3, -0.25) is 23.9 Å². The second-order valence-corrected chi connectivity index (χ2v) is 10.5. The van der Waals surface area contributed by atoms with Gasteiger partial charge in [0.1, 0.15) is 4.90 Å². The monoisotopic (exact) mass is 498 g/mol. The van der Waals surface area contributed by atoms with Crippen LogP contribution in [0.1, 0.15) is 24.0 Å². The second kappa shape index (κ2) is 8.46. The maximum Gasteiger partial charge on any atom is 0.321 e. The molecule has 0 saturated heterocycles. The van der Waals surface area contributed by atoms with Crippen molar-refractivity contribution in [1.29, 1.82) is 0 Å². The van der Waals surface area contributed by atoms with Crippen LogP contribution in [0.3, 0.4) is 0 Å². The Bertz CT molecular complexity index is 1890. The van der Waals surface area contributed by atoms with Gasteiger partial charge in [-0.1, -0.05) is 30.3 Å². The lowest BCUT2D eigenvalue weighted by molar-refractivity contribution is 0.602. The first kappa shape index (κ1) is 22.2. The number of anilines is 1. The minimum atomic E-state index is -3.98. The van der Waals surface area contributed by atoms with Gasteiger partial charge in [0.15, 0.2) is 0 Å². The second-order valence-electron chi connectivity index (χ2n) is 8.89. The molecule has 0 bridgehead atoms. The number of H-pyrrole nitrogens is 1. The number of rotatable bonds is 4. The van der Waals surface area contributed by atoms with Gasteiger partial charge in [-0.25, -0.2) is 8.42 Å². The summed E-state index contributed by atoms with van der Waals surface area (Å²) in [5.74, 6) is 0. The van der Waals surface area contributed by atoms with Crippen molar-refractivity contribution >= 4 is 37.6 Å². The Labute approximate surface area is 206 Å². The Balaban J connectivity index is 1.47. The third-order valence-electron chi connectivity index (χ3n) is 6.63. The molecule has 1 aliphatic rings. The van der Waals surface area contributed by atoms with E-state index in [2.05, 4.69) is 14.7 Å². The first-order chi connectivity index (χ1) is 17.4. The highest BCUT2D eigenvalue weighted by atomic mass is 32.2. The number of aromatic amines is 1. The topological polar surface area (TPSA) is 114 Å². The summed E-state index contributed by atoms with van der Waals surface area (Å²) in [4.78, 5) is 32.7. The molecule has 2 N–H and O–H groups in total. The summed E-state index contributed by atoms with van der Waals surface area (Å²) in [6, 6.07) is 18.8. The minimum absolute atomic E-state index is 0.0522. The number of nitrogens with one attached hydrogen (secondary N) is 2. The number of benzene rings is 3. The fourth-order valence-electron chi connectivity index (χ4n) is 4.99. The van der Waals surface area contributed by atoms with E-state index >= 15 is 0 Å². The first-order valence-corrected chi connectivity index (χ1v) is 13.2. The number of pyridine rings is 1. The van der Waals surface area contributed by atoms with Gasteiger partial charge in [0.05, 0.1) is 27.9 Å². The van der Waals surface area contributed by atoms with Gasteiger partial charge in [0, 0.05) is 11.6 Å². The summed E-state index contributed by atoms with van der Waals surface area (Å²) >= 11 is 0. The van der Waals surface area contributed by atoms with Crippen molar-refractivity contribution in [2.24, 2.45) is 0 Å². The summed E-state index contributed by atoms with van der Waals surface area (Å²) in [5, 5.41) is 0.707. The number of sulfonamides is 1. The van der Waals surface area contributed by atoms with E-state index in [0.717, 1.165) is 31.2 Å². The van der Waals surface area contributed by atoms with Crippen LogP contribution in [0.15, 0.2) is 87.4 Å². The molecule has 0 atom stereocenters. The number of fused-ring (bicyclic) bond motifs is 4. The van der Waals surface area contributed by atoms with Crippen molar-refractivity contribution < 1.29 is 8.42 Å². The molecule has 0 amide bonds. The Morgan fingerprint density at radius 3 is 2.61 bits per heavy atom. The zero-order valence-corrected chi connectivity index (χ0v) is 20.0. The molecular weight excluding hydrogens is 476 g/mol. The molecule has 180 valence electrons. The van der Waals surface area contributed by atoms with Gasteiger partial charge >= 0.3 is 11.1 Å². The molecule has 2 heterocycles. The van der Waals surface area contributed by atoms with E-state index in [9.17, 15) is 18.0 Å². The molecule has 3 aromatic carbocycles. The van der Waals surface area contributed by atoms with Gasteiger partial charge in [-0.2, -0.15) is 0 Å². The van der Waals surface area contributed by atoms with Crippen LogP contribution in [0.5, 0.6) is 0 Å². The van der Waals surface area contributed by atoms with Crippen LogP contribution in [-0.2, 0) is 22.9 Å². The number of nitrogens with zero attached hydrogens (tertiary/aromatic N) is 2. The van der Waals surface area contributed by atoms with E-state index < -0.39 is 21.1 Å². The molecule has 1 aliphatic carbocycles. The molecule has 9 heteroatoms.